The molecule has 0 aliphatic carbocycles. The number of benzene rings is 1. The molecule has 0 fully saturated rings. The van der Waals surface area contributed by atoms with Crippen molar-refractivity contribution in [2.24, 2.45) is 4.99 Å². The van der Waals surface area contributed by atoms with Crippen LogP contribution in [0.15, 0.2) is 45.6 Å². The number of methoxy groups -OCH3 is 1. The van der Waals surface area contributed by atoms with Crippen molar-refractivity contribution in [2.45, 2.75) is 13.3 Å². The number of hydrogen-bond donors (Lipinski definition) is 0. The zero-order valence-electron chi connectivity index (χ0n) is 13.7. The molecule has 2 aromatic rings. The lowest BCUT2D eigenvalue weighted by molar-refractivity contribution is -0.130. The second-order valence-electron chi connectivity index (χ2n) is 5.20. The Hall–Kier alpha value is -2.73. The predicted octanol–water partition coefficient (Wildman–Crippen LogP) is 4.07. The van der Waals surface area contributed by atoms with Crippen LogP contribution in [0.2, 0.25) is 5.02 Å². The highest BCUT2D eigenvalue weighted by Crippen LogP contribution is 2.37. The van der Waals surface area contributed by atoms with E-state index in [0.29, 0.717) is 34.5 Å². The Bertz CT molecular complexity index is 839. The summed E-state index contributed by atoms with van der Waals surface area (Å²) in [5, 5.41) is 0.390. The number of carbonyl (C=O) groups is 1. The lowest BCUT2D eigenvalue weighted by atomic mass is 10.1. The van der Waals surface area contributed by atoms with Gasteiger partial charge in [-0.15, -0.1) is 0 Å². The first kappa shape index (κ1) is 17.1. The number of esters is 1. The average Bonchev–Trinajstić information content (AvgIpc) is 3.24. The summed E-state index contributed by atoms with van der Waals surface area (Å²) < 4.78 is 21.2. The van der Waals surface area contributed by atoms with Crippen LogP contribution in [-0.4, -0.2) is 25.6 Å². The van der Waals surface area contributed by atoms with Gasteiger partial charge in [0, 0.05) is 0 Å². The zero-order chi connectivity index (χ0) is 17.8. The fourth-order valence-electron chi connectivity index (χ4n) is 2.24. The van der Waals surface area contributed by atoms with E-state index >= 15 is 0 Å². The molecular formula is C18H16ClNO5. The molecule has 0 radical (unpaired) electrons. The minimum Gasteiger partial charge on any atom is -0.493 e. The third-order valence-corrected chi connectivity index (χ3v) is 3.64. The van der Waals surface area contributed by atoms with Gasteiger partial charge in [-0.2, -0.15) is 0 Å². The van der Waals surface area contributed by atoms with Gasteiger partial charge in [-0.05, 0) is 42.3 Å². The highest BCUT2D eigenvalue weighted by molar-refractivity contribution is 6.32. The van der Waals surface area contributed by atoms with Gasteiger partial charge in [-0.1, -0.05) is 18.5 Å². The van der Waals surface area contributed by atoms with E-state index in [1.54, 1.807) is 30.3 Å². The molecule has 0 atom stereocenters. The van der Waals surface area contributed by atoms with Crippen molar-refractivity contribution in [1.29, 1.82) is 0 Å². The summed E-state index contributed by atoms with van der Waals surface area (Å²) in [5.74, 6) is 0.905. The predicted molar refractivity (Wildman–Crippen MR) is 93.1 cm³/mol. The summed E-state index contributed by atoms with van der Waals surface area (Å²) in [7, 11) is 1.53. The van der Waals surface area contributed by atoms with E-state index in [4.69, 9.17) is 30.2 Å². The molecule has 1 aromatic carbocycles. The molecule has 7 heteroatoms. The SMILES string of the molecule is CCCOc1c(Cl)cc(/C=C2\N=C(c3ccco3)OC2=O)cc1OC. The van der Waals surface area contributed by atoms with Crippen molar-refractivity contribution in [1.82, 2.24) is 0 Å². The van der Waals surface area contributed by atoms with E-state index in [1.807, 2.05) is 6.92 Å². The fourth-order valence-corrected chi connectivity index (χ4v) is 2.51. The molecule has 0 spiro atoms. The van der Waals surface area contributed by atoms with Crippen molar-refractivity contribution in [3.63, 3.8) is 0 Å². The molecule has 2 heterocycles. The Morgan fingerprint density at radius 2 is 2.20 bits per heavy atom. The molecular weight excluding hydrogens is 346 g/mol. The second-order valence-corrected chi connectivity index (χ2v) is 5.60. The quantitative estimate of drug-likeness (QED) is 0.573. The third kappa shape index (κ3) is 3.69. The first-order valence-electron chi connectivity index (χ1n) is 7.69. The van der Waals surface area contributed by atoms with Crippen LogP contribution in [0.5, 0.6) is 11.5 Å². The molecule has 1 aliphatic rings. The molecule has 1 aromatic heterocycles. The Balaban J connectivity index is 1.93. The highest BCUT2D eigenvalue weighted by atomic mass is 35.5. The largest absolute Gasteiger partial charge is 0.493 e. The first-order valence-corrected chi connectivity index (χ1v) is 8.07. The van der Waals surface area contributed by atoms with E-state index in [9.17, 15) is 4.79 Å². The van der Waals surface area contributed by atoms with Crippen molar-refractivity contribution < 1.29 is 23.4 Å². The molecule has 0 bridgehead atoms. The number of aliphatic imine (C=N–C) groups is 1. The van der Waals surface area contributed by atoms with Crippen molar-refractivity contribution in [3.8, 4) is 11.5 Å². The number of nitrogens with zero attached hydrogens (tertiary/aromatic N) is 1. The zero-order valence-corrected chi connectivity index (χ0v) is 14.5. The van der Waals surface area contributed by atoms with Crippen LogP contribution < -0.4 is 9.47 Å². The summed E-state index contributed by atoms with van der Waals surface area (Å²) in [6.07, 6.45) is 3.89. The summed E-state index contributed by atoms with van der Waals surface area (Å²) in [6, 6.07) is 6.75. The molecule has 0 amide bonds. The van der Waals surface area contributed by atoms with Crippen LogP contribution in [0, 0.1) is 0 Å². The van der Waals surface area contributed by atoms with Crippen molar-refractivity contribution in [2.75, 3.05) is 13.7 Å². The maximum absolute atomic E-state index is 12.0. The van der Waals surface area contributed by atoms with Gasteiger partial charge in [0.25, 0.3) is 5.90 Å². The van der Waals surface area contributed by atoms with Crippen molar-refractivity contribution in [3.05, 3.63) is 52.6 Å². The van der Waals surface area contributed by atoms with Crippen LogP contribution >= 0.6 is 11.6 Å². The first-order chi connectivity index (χ1) is 12.1. The van der Waals surface area contributed by atoms with Gasteiger partial charge in [-0.25, -0.2) is 9.79 Å². The monoisotopic (exact) mass is 361 g/mol. The lowest BCUT2D eigenvalue weighted by Crippen LogP contribution is -2.04. The van der Waals surface area contributed by atoms with Gasteiger partial charge in [0.2, 0.25) is 0 Å². The molecule has 0 saturated heterocycles. The van der Waals surface area contributed by atoms with Crippen molar-refractivity contribution >= 4 is 29.5 Å². The standard InChI is InChI=1S/C18H16ClNO5/c1-3-6-24-16-12(19)8-11(10-15(16)22-2)9-13-18(21)25-17(20-13)14-5-4-7-23-14/h4-5,7-10H,3,6H2,1-2H3/b13-9-. The summed E-state index contributed by atoms with van der Waals surface area (Å²) in [5.41, 5.74) is 0.786. The molecule has 0 N–H and O–H groups in total. The Labute approximate surface area is 149 Å². The minimum atomic E-state index is -0.562. The normalized spacial score (nSPS) is 15.2. The molecule has 6 nitrogen and oxygen atoms in total. The molecule has 130 valence electrons. The number of carbonyl (C=O) groups excluding carboxylic acids is 1. The van der Waals surface area contributed by atoms with Gasteiger partial charge in [-0.3, -0.25) is 0 Å². The number of rotatable bonds is 6. The van der Waals surface area contributed by atoms with E-state index in [-0.39, 0.29) is 11.6 Å². The Morgan fingerprint density at radius 3 is 2.88 bits per heavy atom. The molecule has 25 heavy (non-hydrogen) atoms. The molecule has 0 unspecified atom stereocenters. The number of cyclic esters (lactones) is 1. The van der Waals surface area contributed by atoms with Crippen LogP contribution in [0.1, 0.15) is 24.7 Å². The summed E-state index contributed by atoms with van der Waals surface area (Å²) >= 11 is 6.28. The van der Waals surface area contributed by atoms with E-state index in [0.717, 1.165) is 6.42 Å². The van der Waals surface area contributed by atoms with E-state index < -0.39 is 5.97 Å². The Kier molecular flexibility index (Phi) is 5.09. The van der Waals surface area contributed by atoms with E-state index in [1.165, 1.54) is 13.4 Å². The van der Waals surface area contributed by atoms with Crippen LogP contribution in [0.25, 0.3) is 6.08 Å². The van der Waals surface area contributed by atoms with Crippen LogP contribution in [0.3, 0.4) is 0 Å². The number of ether oxygens (including phenoxy) is 3. The third-order valence-electron chi connectivity index (χ3n) is 3.36. The van der Waals surface area contributed by atoms with Gasteiger partial charge in [0.1, 0.15) is 0 Å². The van der Waals surface area contributed by atoms with Gasteiger partial charge in [0.05, 0.1) is 25.0 Å². The second kappa shape index (κ2) is 7.44. The molecule has 0 saturated carbocycles. The summed E-state index contributed by atoms with van der Waals surface area (Å²) in [4.78, 5) is 16.2. The minimum absolute atomic E-state index is 0.127. The lowest BCUT2D eigenvalue weighted by Gasteiger charge is -2.12. The molecule has 3 rings (SSSR count). The highest BCUT2D eigenvalue weighted by Gasteiger charge is 2.26. The Morgan fingerprint density at radius 1 is 1.36 bits per heavy atom. The van der Waals surface area contributed by atoms with Gasteiger partial charge in [0.15, 0.2) is 23.0 Å². The maximum Gasteiger partial charge on any atom is 0.363 e. The smallest absolute Gasteiger partial charge is 0.363 e. The maximum atomic E-state index is 12.0. The number of hydrogen-bond acceptors (Lipinski definition) is 6. The van der Waals surface area contributed by atoms with Gasteiger partial charge < -0.3 is 18.6 Å². The van der Waals surface area contributed by atoms with Crippen LogP contribution in [0.4, 0.5) is 0 Å². The average molecular weight is 362 g/mol. The molecule has 1 aliphatic heterocycles. The summed E-state index contributed by atoms with van der Waals surface area (Å²) in [6.45, 7) is 2.53. The number of halogens is 1. The van der Waals surface area contributed by atoms with Gasteiger partial charge >= 0.3 is 5.97 Å². The van der Waals surface area contributed by atoms with Crippen LogP contribution in [-0.2, 0) is 9.53 Å². The van der Waals surface area contributed by atoms with E-state index in [2.05, 4.69) is 4.99 Å². The topological polar surface area (TPSA) is 70.3 Å². The fraction of sp³-hybridized carbons (Fsp3) is 0.222. The number of furan rings is 1.